The van der Waals surface area contributed by atoms with Crippen LogP contribution in [-0.4, -0.2) is 24.5 Å². The summed E-state index contributed by atoms with van der Waals surface area (Å²) in [6.07, 6.45) is 5.11. The fraction of sp³-hybridized carbons (Fsp3) is 0.889. The molecule has 0 saturated carbocycles. The maximum absolute atomic E-state index is 2.53. The van der Waals surface area contributed by atoms with Crippen molar-refractivity contribution in [2.45, 2.75) is 26.7 Å². The van der Waals surface area contributed by atoms with Crippen molar-refractivity contribution >= 4 is 0 Å². The first-order chi connectivity index (χ1) is 4.86. The van der Waals surface area contributed by atoms with E-state index < -0.39 is 0 Å². The third-order valence-corrected chi connectivity index (χ3v) is 2.55. The van der Waals surface area contributed by atoms with Crippen molar-refractivity contribution in [3.8, 4) is 0 Å². The van der Waals surface area contributed by atoms with Crippen molar-refractivity contribution in [2.24, 2.45) is 5.92 Å². The number of rotatable bonds is 2. The Bertz CT molecular complexity index is 70.7. The third-order valence-electron chi connectivity index (χ3n) is 2.55. The van der Waals surface area contributed by atoms with Gasteiger partial charge in [-0.2, -0.15) is 0 Å². The van der Waals surface area contributed by atoms with E-state index in [-0.39, 0.29) is 0 Å². The highest BCUT2D eigenvalue weighted by Gasteiger charge is 2.15. The van der Waals surface area contributed by atoms with Crippen LogP contribution in [0.2, 0.25) is 0 Å². The first-order valence-electron chi connectivity index (χ1n) is 4.38. The molecule has 1 heterocycles. The van der Waals surface area contributed by atoms with E-state index in [4.69, 9.17) is 0 Å². The zero-order valence-corrected chi connectivity index (χ0v) is 7.14. The molecule has 10 heavy (non-hydrogen) atoms. The molecule has 1 fully saturated rings. The molecule has 0 spiro atoms. The summed E-state index contributed by atoms with van der Waals surface area (Å²) in [5.74, 6) is 0.905. The quantitative estimate of drug-likeness (QED) is 0.566. The lowest BCUT2D eigenvalue weighted by molar-refractivity contribution is 0.206. The van der Waals surface area contributed by atoms with Gasteiger partial charge in [-0.3, -0.25) is 0 Å². The second-order valence-electron chi connectivity index (χ2n) is 3.11. The van der Waals surface area contributed by atoms with Crippen molar-refractivity contribution < 1.29 is 0 Å². The van der Waals surface area contributed by atoms with E-state index in [1.54, 1.807) is 0 Å². The summed E-state index contributed by atoms with van der Waals surface area (Å²) in [5, 5.41) is 0. The van der Waals surface area contributed by atoms with Crippen LogP contribution in [0, 0.1) is 12.3 Å². The van der Waals surface area contributed by atoms with Gasteiger partial charge in [-0.25, -0.2) is 0 Å². The molecule has 1 aliphatic heterocycles. The summed E-state index contributed by atoms with van der Waals surface area (Å²) in [4.78, 5) is 2.53. The molecular weight excluding hydrogens is 122 g/mol. The first-order valence-corrected chi connectivity index (χ1v) is 4.38. The van der Waals surface area contributed by atoms with Crippen molar-refractivity contribution in [1.29, 1.82) is 0 Å². The Morgan fingerprint density at radius 2 is 2.00 bits per heavy atom. The lowest BCUT2D eigenvalue weighted by Gasteiger charge is -2.30. The fourth-order valence-corrected chi connectivity index (χ4v) is 1.60. The van der Waals surface area contributed by atoms with Gasteiger partial charge in [0.15, 0.2) is 0 Å². The van der Waals surface area contributed by atoms with Crippen molar-refractivity contribution in [2.75, 3.05) is 19.6 Å². The maximum atomic E-state index is 2.53. The Kier molecular flexibility index (Phi) is 3.20. The molecule has 1 rings (SSSR count). The van der Waals surface area contributed by atoms with Gasteiger partial charge in [0.1, 0.15) is 0 Å². The van der Waals surface area contributed by atoms with Crippen molar-refractivity contribution in [3.63, 3.8) is 0 Å². The highest BCUT2D eigenvalue weighted by molar-refractivity contribution is 4.78. The lowest BCUT2D eigenvalue weighted by Crippen LogP contribution is -2.33. The van der Waals surface area contributed by atoms with E-state index in [2.05, 4.69) is 25.2 Å². The van der Waals surface area contributed by atoms with E-state index in [1.807, 2.05) is 0 Å². The number of likely N-dealkylation sites (tertiary alicyclic amines) is 1. The second kappa shape index (κ2) is 3.97. The second-order valence-corrected chi connectivity index (χ2v) is 3.11. The van der Waals surface area contributed by atoms with Gasteiger partial charge in [-0.1, -0.05) is 13.8 Å². The van der Waals surface area contributed by atoms with Gasteiger partial charge in [-0.15, -0.1) is 0 Å². The molecular formula is C9H18N. The van der Waals surface area contributed by atoms with E-state index in [0.29, 0.717) is 0 Å². The average Bonchev–Trinajstić information content (AvgIpc) is 2.05. The number of hydrogen-bond acceptors (Lipinski definition) is 1. The van der Waals surface area contributed by atoms with Crippen LogP contribution in [-0.2, 0) is 0 Å². The molecule has 0 atom stereocenters. The van der Waals surface area contributed by atoms with Gasteiger partial charge >= 0.3 is 0 Å². The van der Waals surface area contributed by atoms with Crippen LogP contribution < -0.4 is 0 Å². The summed E-state index contributed by atoms with van der Waals surface area (Å²) in [5.41, 5.74) is 0. The molecule has 0 unspecified atom stereocenters. The normalized spacial score (nSPS) is 23.4. The van der Waals surface area contributed by atoms with Gasteiger partial charge in [0, 0.05) is 0 Å². The van der Waals surface area contributed by atoms with E-state index >= 15 is 0 Å². The minimum atomic E-state index is 0.905. The van der Waals surface area contributed by atoms with E-state index in [1.165, 1.54) is 32.5 Å². The Labute approximate surface area is 64.4 Å². The molecule has 0 N–H and O–H groups in total. The van der Waals surface area contributed by atoms with Crippen molar-refractivity contribution in [1.82, 2.24) is 4.90 Å². The van der Waals surface area contributed by atoms with Crippen LogP contribution >= 0.6 is 0 Å². The fourth-order valence-electron chi connectivity index (χ4n) is 1.60. The molecule has 0 aromatic heterocycles. The first kappa shape index (κ1) is 8.06. The molecule has 0 aliphatic carbocycles. The molecule has 59 valence electrons. The van der Waals surface area contributed by atoms with Gasteiger partial charge in [0.2, 0.25) is 0 Å². The number of hydrogen-bond donors (Lipinski definition) is 0. The molecule has 1 heteroatoms. The highest BCUT2D eigenvalue weighted by Crippen LogP contribution is 2.18. The Hall–Kier alpha value is -0.0400. The number of nitrogens with zero attached hydrogens (tertiary/aromatic N) is 1. The summed E-state index contributed by atoms with van der Waals surface area (Å²) < 4.78 is 0. The third kappa shape index (κ3) is 1.98. The molecule has 0 aromatic carbocycles. The minimum absolute atomic E-state index is 0.905. The van der Waals surface area contributed by atoms with Gasteiger partial charge in [0.25, 0.3) is 0 Å². The summed E-state index contributed by atoms with van der Waals surface area (Å²) in [6.45, 7) is 8.29. The zero-order chi connectivity index (χ0) is 7.40. The summed E-state index contributed by atoms with van der Waals surface area (Å²) >= 11 is 0. The lowest BCUT2D eigenvalue weighted by atomic mass is 9.95. The van der Waals surface area contributed by atoms with Gasteiger partial charge in [0.05, 0.1) is 0 Å². The Morgan fingerprint density at radius 1 is 1.40 bits per heavy atom. The van der Waals surface area contributed by atoms with Crippen LogP contribution in [0.5, 0.6) is 0 Å². The molecule has 0 amide bonds. The molecule has 1 aliphatic rings. The standard InChI is InChI=1S/C9H18N/c1-3-9-5-7-10(4-2)8-6-9/h3,9H,4-8H2,1-2H3. The topological polar surface area (TPSA) is 3.24 Å². The smallest absolute Gasteiger partial charge is 0.00161 e. The SMILES string of the molecule is C[CH]C1CCN(CC)CC1. The van der Waals surface area contributed by atoms with Crippen LogP contribution in [0.25, 0.3) is 0 Å². The summed E-state index contributed by atoms with van der Waals surface area (Å²) in [7, 11) is 0. The molecule has 1 nitrogen and oxygen atoms in total. The molecule has 0 aromatic rings. The van der Waals surface area contributed by atoms with Crippen LogP contribution in [0.15, 0.2) is 0 Å². The van der Waals surface area contributed by atoms with Gasteiger partial charge in [-0.05, 0) is 44.8 Å². The highest BCUT2D eigenvalue weighted by atomic mass is 15.1. The number of piperidine rings is 1. The molecule has 0 bridgehead atoms. The zero-order valence-electron chi connectivity index (χ0n) is 7.14. The van der Waals surface area contributed by atoms with Crippen LogP contribution in [0.3, 0.4) is 0 Å². The Balaban J connectivity index is 2.17. The van der Waals surface area contributed by atoms with Crippen LogP contribution in [0.4, 0.5) is 0 Å². The van der Waals surface area contributed by atoms with Gasteiger partial charge < -0.3 is 4.90 Å². The monoisotopic (exact) mass is 140 g/mol. The Morgan fingerprint density at radius 3 is 2.40 bits per heavy atom. The maximum Gasteiger partial charge on any atom is -0.00161 e. The minimum Gasteiger partial charge on any atom is -0.304 e. The predicted molar refractivity (Wildman–Crippen MR) is 44.8 cm³/mol. The van der Waals surface area contributed by atoms with E-state index in [0.717, 1.165) is 5.92 Å². The summed E-state index contributed by atoms with van der Waals surface area (Å²) in [6, 6.07) is 0. The predicted octanol–water partition coefficient (Wildman–Crippen LogP) is 1.94. The van der Waals surface area contributed by atoms with Crippen LogP contribution in [0.1, 0.15) is 26.7 Å². The van der Waals surface area contributed by atoms with E-state index in [9.17, 15) is 0 Å². The van der Waals surface area contributed by atoms with Crippen molar-refractivity contribution in [3.05, 3.63) is 6.42 Å². The largest absolute Gasteiger partial charge is 0.304 e. The molecule has 1 radical (unpaired) electrons. The average molecular weight is 140 g/mol. The molecule has 1 saturated heterocycles.